The molecule has 4 aromatic rings. The highest BCUT2D eigenvalue weighted by molar-refractivity contribution is 7.92. The molecule has 4 aromatic carbocycles. The second-order valence-corrected chi connectivity index (χ2v) is 14.9. The molecular formula is C34H32N4O12S2. The van der Waals surface area contributed by atoms with Crippen LogP contribution in [0.4, 0.5) is 11.4 Å². The smallest absolute Gasteiger partial charge is 0.335 e. The van der Waals surface area contributed by atoms with Crippen molar-refractivity contribution >= 4 is 55.5 Å². The first-order valence-electron chi connectivity index (χ1n) is 15.5. The van der Waals surface area contributed by atoms with E-state index in [2.05, 4.69) is 0 Å². The molecule has 6 N–H and O–H groups in total. The third-order valence-corrected chi connectivity index (χ3v) is 10.8. The number of amides is 2. The maximum atomic E-state index is 11.8. The summed E-state index contributed by atoms with van der Waals surface area (Å²) in [5.74, 6) is -3.78. The van der Waals surface area contributed by atoms with Gasteiger partial charge < -0.3 is 20.4 Å². The second-order valence-electron chi connectivity index (χ2n) is 11.7. The average Bonchev–Trinajstić information content (AvgIpc) is 3.53. The van der Waals surface area contributed by atoms with E-state index in [9.17, 15) is 46.2 Å². The number of anilines is 2. The number of hydrogen-bond acceptors (Lipinski definition) is 10. The van der Waals surface area contributed by atoms with Gasteiger partial charge in [-0.25, -0.2) is 27.6 Å². The molecule has 0 aromatic heterocycles. The van der Waals surface area contributed by atoms with E-state index in [-0.39, 0.29) is 47.1 Å². The van der Waals surface area contributed by atoms with Crippen molar-refractivity contribution in [3.63, 3.8) is 0 Å². The summed E-state index contributed by atoms with van der Waals surface area (Å²) in [7, 11) is -7.94. The SMILES string of the molecule is O=C1CN(c2ccc(CCc3ccc(C(=O)O)cc3)cc2O)S(=O)(=O)N1.O=C1CN(c2ccc(CCc3cccc(C(=O)O)c3)cc2O)S(=O)(=O)N1. The fourth-order valence-electron chi connectivity index (χ4n) is 5.44. The molecule has 2 aliphatic rings. The molecule has 0 bridgehead atoms. The molecule has 0 atom stereocenters. The van der Waals surface area contributed by atoms with Crippen LogP contribution in [0.3, 0.4) is 0 Å². The Morgan fingerprint density at radius 2 is 0.962 bits per heavy atom. The van der Waals surface area contributed by atoms with Crippen molar-refractivity contribution in [3.05, 3.63) is 118 Å². The third-order valence-electron chi connectivity index (χ3n) is 8.04. The molecule has 16 nitrogen and oxygen atoms in total. The Morgan fingerprint density at radius 3 is 1.35 bits per heavy atom. The lowest BCUT2D eigenvalue weighted by Crippen LogP contribution is -2.29. The molecule has 272 valence electrons. The topological polar surface area (TPSA) is 248 Å². The highest BCUT2D eigenvalue weighted by Crippen LogP contribution is 2.33. The van der Waals surface area contributed by atoms with Crippen LogP contribution in [-0.2, 0) is 55.7 Å². The standard InChI is InChI=1S/2C17H16N2O6S/c20-15-9-12(2-1-11-3-6-13(7-4-11)17(22)23)5-8-14(15)19-10-16(21)18-26(19,24)25;20-15-9-12(5-4-11-2-1-3-13(8-11)17(22)23)6-7-14(15)19-10-16(21)18-26(19,24)25/h3-9,20H,1-2,10H2,(H,18,21)(H,22,23);1-3,6-9,20H,4-5,10H2,(H,18,21)(H,22,23). The van der Waals surface area contributed by atoms with Crippen molar-refractivity contribution in [2.75, 3.05) is 21.7 Å². The van der Waals surface area contributed by atoms with Gasteiger partial charge in [-0.1, -0.05) is 36.4 Å². The Hall–Kier alpha value is -6.14. The molecule has 0 unspecified atom stereocenters. The monoisotopic (exact) mass is 752 g/mol. The number of carbonyl (C=O) groups excluding carboxylic acids is 2. The summed E-state index contributed by atoms with van der Waals surface area (Å²) in [6, 6.07) is 22.2. The van der Waals surface area contributed by atoms with Gasteiger partial charge in [0.1, 0.15) is 24.6 Å². The number of carboxylic acid groups (broad SMARTS) is 2. The van der Waals surface area contributed by atoms with Crippen LogP contribution < -0.4 is 18.1 Å². The summed E-state index contributed by atoms with van der Waals surface area (Å²) in [4.78, 5) is 44.4. The van der Waals surface area contributed by atoms with Crippen LogP contribution in [0.5, 0.6) is 11.5 Å². The van der Waals surface area contributed by atoms with Crippen molar-refractivity contribution in [3.8, 4) is 11.5 Å². The van der Waals surface area contributed by atoms with Crippen LogP contribution in [0.1, 0.15) is 43.0 Å². The number of carbonyl (C=O) groups is 4. The van der Waals surface area contributed by atoms with Gasteiger partial charge in [0.25, 0.3) is 11.8 Å². The number of carboxylic acids is 2. The first kappa shape index (κ1) is 37.1. The number of aromatic hydroxyl groups is 2. The van der Waals surface area contributed by atoms with E-state index in [4.69, 9.17) is 10.2 Å². The van der Waals surface area contributed by atoms with Gasteiger partial charge >= 0.3 is 32.4 Å². The number of phenols is 2. The van der Waals surface area contributed by atoms with E-state index in [1.807, 2.05) is 15.5 Å². The van der Waals surface area contributed by atoms with Gasteiger partial charge in [0.15, 0.2) is 0 Å². The fraction of sp³-hybridized carbons (Fsp3) is 0.176. The number of rotatable bonds is 10. The molecule has 0 radical (unpaired) electrons. The van der Waals surface area contributed by atoms with Gasteiger partial charge in [-0.05, 0) is 96.5 Å². The number of benzene rings is 4. The Bertz CT molecular complexity index is 2280. The number of hydrogen-bond donors (Lipinski definition) is 6. The Balaban J connectivity index is 0.000000201. The first-order valence-corrected chi connectivity index (χ1v) is 18.4. The number of aryl methyl sites for hydroxylation is 4. The molecule has 52 heavy (non-hydrogen) atoms. The molecule has 2 amide bonds. The van der Waals surface area contributed by atoms with E-state index in [1.54, 1.807) is 36.4 Å². The lowest BCUT2D eigenvalue weighted by Gasteiger charge is -2.16. The minimum atomic E-state index is -3.97. The molecule has 2 aliphatic heterocycles. The molecular weight excluding hydrogens is 721 g/mol. The van der Waals surface area contributed by atoms with E-state index in [0.717, 1.165) is 30.9 Å². The highest BCUT2D eigenvalue weighted by atomic mass is 32.2. The van der Waals surface area contributed by atoms with Gasteiger partial charge in [-0.15, -0.1) is 0 Å². The zero-order valence-corrected chi connectivity index (χ0v) is 28.7. The minimum absolute atomic E-state index is 0.0278. The van der Waals surface area contributed by atoms with Gasteiger partial charge in [-0.3, -0.25) is 9.59 Å². The fourth-order valence-corrected chi connectivity index (χ4v) is 7.77. The van der Waals surface area contributed by atoms with Crippen molar-refractivity contribution in [1.29, 1.82) is 0 Å². The molecule has 2 heterocycles. The molecule has 0 saturated carbocycles. The van der Waals surface area contributed by atoms with Gasteiger partial charge in [0, 0.05) is 0 Å². The molecule has 2 fully saturated rings. The Kier molecular flexibility index (Phi) is 10.7. The maximum Gasteiger partial charge on any atom is 0.335 e. The van der Waals surface area contributed by atoms with Crippen LogP contribution in [0, 0.1) is 0 Å². The molecule has 6 rings (SSSR count). The summed E-state index contributed by atoms with van der Waals surface area (Å²) < 4.78 is 52.7. The largest absolute Gasteiger partial charge is 0.506 e. The lowest BCUT2D eigenvalue weighted by molar-refractivity contribution is -0.118. The van der Waals surface area contributed by atoms with E-state index >= 15 is 0 Å². The minimum Gasteiger partial charge on any atom is -0.506 e. The lowest BCUT2D eigenvalue weighted by atomic mass is 10.0. The zero-order valence-electron chi connectivity index (χ0n) is 27.1. The average molecular weight is 753 g/mol. The van der Waals surface area contributed by atoms with Crippen molar-refractivity contribution in [2.45, 2.75) is 25.7 Å². The van der Waals surface area contributed by atoms with E-state index in [1.165, 1.54) is 42.5 Å². The number of nitrogens with zero attached hydrogens (tertiary/aromatic N) is 2. The molecule has 18 heteroatoms. The van der Waals surface area contributed by atoms with E-state index in [0.29, 0.717) is 25.7 Å². The number of aromatic carboxylic acids is 2. The Morgan fingerprint density at radius 1 is 0.558 bits per heavy atom. The van der Waals surface area contributed by atoms with Crippen LogP contribution in [0.15, 0.2) is 84.9 Å². The quantitative estimate of drug-likeness (QED) is 0.136. The maximum absolute atomic E-state index is 11.8. The van der Waals surface area contributed by atoms with Crippen LogP contribution in [-0.4, -0.2) is 74.1 Å². The summed E-state index contributed by atoms with van der Waals surface area (Å²) in [6.07, 6.45) is 2.29. The molecule has 0 aliphatic carbocycles. The molecule has 2 saturated heterocycles. The number of nitrogens with one attached hydrogen (secondary N) is 2. The van der Waals surface area contributed by atoms with Gasteiger partial charge in [0.2, 0.25) is 0 Å². The van der Waals surface area contributed by atoms with Crippen molar-refractivity contribution in [2.24, 2.45) is 0 Å². The predicted molar refractivity (Wildman–Crippen MR) is 187 cm³/mol. The highest BCUT2D eigenvalue weighted by Gasteiger charge is 2.36. The van der Waals surface area contributed by atoms with Crippen LogP contribution >= 0.6 is 0 Å². The summed E-state index contributed by atoms with van der Waals surface area (Å²) in [5.41, 5.74) is 3.80. The van der Waals surface area contributed by atoms with Crippen molar-refractivity contribution in [1.82, 2.24) is 9.44 Å². The normalized spacial score (nSPS) is 15.7. The summed E-state index contributed by atoms with van der Waals surface area (Å²) in [5, 5.41) is 38.2. The van der Waals surface area contributed by atoms with Gasteiger partial charge in [0.05, 0.1) is 22.5 Å². The zero-order chi connectivity index (χ0) is 37.8. The summed E-state index contributed by atoms with van der Waals surface area (Å²) in [6.45, 7) is -0.748. The second kappa shape index (κ2) is 15.0. The predicted octanol–water partition coefficient (Wildman–Crippen LogP) is 2.11. The Labute approximate surface area is 297 Å². The van der Waals surface area contributed by atoms with E-state index < -0.39 is 44.2 Å². The van der Waals surface area contributed by atoms with Crippen molar-refractivity contribution < 1.29 is 56.4 Å². The molecule has 0 spiro atoms. The number of phenolic OH excluding ortho intramolecular Hbond substituents is 2. The van der Waals surface area contributed by atoms with Crippen LogP contribution in [0.2, 0.25) is 0 Å². The van der Waals surface area contributed by atoms with Gasteiger partial charge in [-0.2, -0.15) is 16.8 Å². The van der Waals surface area contributed by atoms with Crippen LogP contribution in [0.25, 0.3) is 0 Å². The first-order chi connectivity index (χ1) is 24.5. The third kappa shape index (κ3) is 8.77. The summed E-state index contributed by atoms with van der Waals surface area (Å²) >= 11 is 0.